The number of thiophene rings is 1. The number of ether oxygens (including phenoxy) is 2. The number of aryl methyl sites for hydroxylation is 1. The van der Waals surface area contributed by atoms with Crippen LogP contribution in [0.5, 0.6) is 5.75 Å². The normalized spacial score (nSPS) is 11.5. The van der Waals surface area contributed by atoms with Gasteiger partial charge < -0.3 is 14.4 Å². The largest absolute Gasteiger partial charge is 0.497 e. The van der Waals surface area contributed by atoms with Crippen LogP contribution in [-0.2, 0) is 24.1 Å². The van der Waals surface area contributed by atoms with Crippen molar-refractivity contribution in [2.24, 2.45) is 0 Å². The Morgan fingerprint density at radius 2 is 1.94 bits per heavy atom. The van der Waals surface area contributed by atoms with Crippen molar-refractivity contribution in [3.8, 4) is 16.9 Å². The van der Waals surface area contributed by atoms with Crippen molar-refractivity contribution in [3.63, 3.8) is 0 Å². The van der Waals surface area contributed by atoms with Crippen LogP contribution < -0.4 is 10.3 Å². The Kier molecular flexibility index (Phi) is 8.23. The van der Waals surface area contributed by atoms with Gasteiger partial charge in [-0.25, -0.2) is 4.98 Å². The van der Waals surface area contributed by atoms with E-state index in [2.05, 4.69) is 25.7 Å². The SMILES string of the molecule is CCc1sc2nc(CCOC)n(CCN(CC)CC)c(=O)c2c1-c1cccc(OC)c1. The molecular formula is C24H33N3O3S. The summed E-state index contributed by atoms with van der Waals surface area (Å²) in [5, 5.41) is 0.718. The number of hydrogen-bond donors (Lipinski definition) is 0. The molecule has 0 atom stereocenters. The molecule has 0 spiro atoms. The van der Waals surface area contributed by atoms with Crippen LogP contribution in [0.3, 0.4) is 0 Å². The van der Waals surface area contributed by atoms with Crippen molar-refractivity contribution < 1.29 is 9.47 Å². The van der Waals surface area contributed by atoms with Gasteiger partial charge in [0.1, 0.15) is 16.4 Å². The smallest absolute Gasteiger partial charge is 0.262 e. The Labute approximate surface area is 188 Å². The van der Waals surface area contributed by atoms with E-state index in [0.717, 1.165) is 59.0 Å². The molecule has 0 unspecified atom stereocenters. The van der Waals surface area contributed by atoms with Crippen LogP contribution in [0.4, 0.5) is 0 Å². The summed E-state index contributed by atoms with van der Waals surface area (Å²) < 4.78 is 12.6. The number of methoxy groups -OCH3 is 2. The molecule has 7 heteroatoms. The second kappa shape index (κ2) is 10.9. The van der Waals surface area contributed by atoms with Crippen molar-refractivity contribution in [2.75, 3.05) is 40.5 Å². The van der Waals surface area contributed by atoms with Crippen LogP contribution in [0.1, 0.15) is 31.5 Å². The third-order valence-corrected chi connectivity index (χ3v) is 6.94. The predicted molar refractivity (Wildman–Crippen MR) is 129 cm³/mol. The molecule has 0 bridgehead atoms. The summed E-state index contributed by atoms with van der Waals surface area (Å²) in [5.41, 5.74) is 2.03. The van der Waals surface area contributed by atoms with Crippen molar-refractivity contribution in [2.45, 2.75) is 40.2 Å². The van der Waals surface area contributed by atoms with Crippen LogP contribution in [0.2, 0.25) is 0 Å². The summed E-state index contributed by atoms with van der Waals surface area (Å²) >= 11 is 1.62. The third-order valence-electron chi connectivity index (χ3n) is 5.71. The number of benzene rings is 1. The number of fused-ring (bicyclic) bond motifs is 1. The van der Waals surface area contributed by atoms with E-state index in [0.29, 0.717) is 19.6 Å². The predicted octanol–water partition coefficient (Wildman–Crippen LogP) is 4.23. The summed E-state index contributed by atoms with van der Waals surface area (Å²) in [4.78, 5) is 23.1. The molecular weight excluding hydrogens is 410 g/mol. The molecule has 1 aromatic carbocycles. The van der Waals surface area contributed by atoms with Crippen molar-refractivity contribution in [3.05, 3.63) is 45.3 Å². The molecule has 168 valence electrons. The minimum atomic E-state index is 0.0389. The van der Waals surface area contributed by atoms with E-state index in [9.17, 15) is 4.79 Å². The first kappa shape index (κ1) is 23.4. The van der Waals surface area contributed by atoms with E-state index in [1.165, 1.54) is 4.88 Å². The van der Waals surface area contributed by atoms with E-state index in [-0.39, 0.29) is 5.56 Å². The van der Waals surface area contributed by atoms with Crippen LogP contribution >= 0.6 is 11.3 Å². The van der Waals surface area contributed by atoms with Crippen molar-refractivity contribution in [1.82, 2.24) is 14.5 Å². The van der Waals surface area contributed by atoms with Crippen LogP contribution in [0.25, 0.3) is 21.3 Å². The maximum absolute atomic E-state index is 13.8. The highest BCUT2D eigenvalue weighted by Gasteiger charge is 2.21. The monoisotopic (exact) mass is 443 g/mol. The van der Waals surface area contributed by atoms with Gasteiger partial charge in [0, 0.05) is 37.1 Å². The van der Waals surface area contributed by atoms with E-state index >= 15 is 0 Å². The third kappa shape index (κ3) is 5.00. The van der Waals surface area contributed by atoms with Crippen molar-refractivity contribution >= 4 is 21.6 Å². The molecule has 0 saturated heterocycles. The number of likely N-dealkylation sites (N-methyl/N-ethyl adjacent to an activating group) is 1. The lowest BCUT2D eigenvalue weighted by Gasteiger charge is -2.20. The van der Waals surface area contributed by atoms with Crippen LogP contribution in [0, 0.1) is 0 Å². The van der Waals surface area contributed by atoms with E-state index in [1.54, 1.807) is 25.6 Å². The molecule has 0 aliphatic rings. The summed E-state index contributed by atoms with van der Waals surface area (Å²) in [6, 6.07) is 7.93. The Bertz CT molecular complexity index is 1070. The van der Waals surface area contributed by atoms with Gasteiger partial charge in [-0.3, -0.25) is 9.36 Å². The first-order valence-corrected chi connectivity index (χ1v) is 11.8. The maximum Gasteiger partial charge on any atom is 0.262 e. The number of rotatable bonds is 11. The Morgan fingerprint density at radius 3 is 2.58 bits per heavy atom. The van der Waals surface area contributed by atoms with Gasteiger partial charge in [-0.05, 0) is 37.2 Å². The quantitative estimate of drug-likeness (QED) is 0.444. The molecule has 0 radical (unpaired) electrons. The van der Waals surface area contributed by atoms with Gasteiger partial charge in [-0.1, -0.05) is 32.9 Å². The summed E-state index contributed by atoms with van der Waals surface area (Å²) in [5.74, 6) is 1.58. The van der Waals surface area contributed by atoms with Crippen molar-refractivity contribution in [1.29, 1.82) is 0 Å². The minimum Gasteiger partial charge on any atom is -0.497 e. The zero-order valence-electron chi connectivity index (χ0n) is 19.2. The fraction of sp³-hybridized carbons (Fsp3) is 0.500. The van der Waals surface area contributed by atoms with Gasteiger partial charge >= 0.3 is 0 Å². The first-order chi connectivity index (χ1) is 15.1. The number of nitrogens with zero attached hydrogens (tertiary/aromatic N) is 3. The van der Waals surface area contributed by atoms with E-state index in [4.69, 9.17) is 14.5 Å². The average molecular weight is 444 g/mol. The Balaban J connectivity index is 2.21. The molecule has 3 aromatic rings. The van der Waals surface area contributed by atoms with Gasteiger partial charge in [-0.15, -0.1) is 11.3 Å². The van der Waals surface area contributed by atoms with Gasteiger partial charge in [0.2, 0.25) is 0 Å². The molecule has 0 aliphatic heterocycles. The molecule has 31 heavy (non-hydrogen) atoms. The summed E-state index contributed by atoms with van der Waals surface area (Å²) in [6.07, 6.45) is 1.47. The minimum absolute atomic E-state index is 0.0389. The lowest BCUT2D eigenvalue weighted by molar-refractivity contribution is 0.198. The van der Waals surface area contributed by atoms with E-state index in [1.807, 2.05) is 28.8 Å². The maximum atomic E-state index is 13.8. The molecule has 0 aliphatic carbocycles. The van der Waals surface area contributed by atoms with Crippen LogP contribution in [0.15, 0.2) is 29.1 Å². The number of hydrogen-bond acceptors (Lipinski definition) is 6. The average Bonchev–Trinajstić information content (AvgIpc) is 3.18. The van der Waals surface area contributed by atoms with Gasteiger partial charge in [0.25, 0.3) is 5.56 Å². The standard InChI is InChI=1S/C24H33N3O3S/c1-6-19-21(17-10-9-11-18(16-17)30-5)22-23(31-19)25-20(12-15-29-4)27(24(22)28)14-13-26(7-2)8-3/h9-11,16H,6-8,12-15H2,1-5H3. The second-order valence-corrected chi connectivity index (χ2v) is 8.50. The molecule has 3 rings (SSSR count). The second-order valence-electron chi connectivity index (χ2n) is 7.42. The fourth-order valence-corrected chi connectivity index (χ4v) is 5.04. The molecule has 6 nitrogen and oxygen atoms in total. The molecule has 0 N–H and O–H groups in total. The van der Waals surface area contributed by atoms with E-state index < -0.39 is 0 Å². The molecule has 0 amide bonds. The fourth-order valence-electron chi connectivity index (χ4n) is 3.90. The lowest BCUT2D eigenvalue weighted by Crippen LogP contribution is -2.33. The summed E-state index contributed by atoms with van der Waals surface area (Å²) in [7, 11) is 3.34. The molecule has 2 aromatic heterocycles. The molecule has 0 saturated carbocycles. The first-order valence-electron chi connectivity index (χ1n) is 11.0. The van der Waals surface area contributed by atoms with Gasteiger partial charge in [0.15, 0.2) is 0 Å². The van der Waals surface area contributed by atoms with Gasteiger partial charge in [0.05, 0.1) is 19.1 Å². The lowest BCUT2D eigenvalue weighted by atomic mass is 10.0. The molecule has 2 heterocycles. The van der Waals surface area contributed by atoms with Crippen LogP contribution in [-0.4, -0.2) is 54.9 Å². The molecule has 0 fully saturated rings. The number of aromatic nitrogens is 2. The highest BCUT2D eigenvalue weighted by molar-refractivity contribution is 7.19. The highest BCUT2D eigenvalue weighted by Crippen LogP contribution is 2.38. The zero-order chi connectivity index (χ0) is 22.4. The zero-order valence-corrected chi connectivity index (χ0v) is 20.1. The Morgan fingerprint density at radius 1 is 1.16 bits per heavy atom. The van der Waals surface area contributed by atoms with Gasteiger partial charge in [-0.2, -0.15) is 0 Å². The topological polar surface area (TPSA) is 56.6 Å². The Hall–Kier alpha value is -2.22. The summed E-state index contributed by atoms with van der Waals surface area (Å²) in [6.45, 7) is 10.3. The highest BCUT2D eigenvalue weighted by atomic mass is 32.1.